The number of piperazine rings is 1. The minimum Gasteiger partial charge on any atom is -0.331 e. The number of hydrogen-bond donors (Lipinski definition) is 0. The van der Waals surface area contributed by atoms with Gasteiger partial charge in [0.15, 0.2) is 0 Å². The maximum Gasteiger partial charge on any atom is 0.319 e. The van der Waals surface area contributed by atoms with Crippen LogP contribution in [0.2, 0.25) is 0 Å². The lowest BCUT2D eigenvalue weighted by molar-refractivity contribution is -0.0774. The van der Waals surface area contributed by atoms with Gasteiger partial charge in [0.05, 0.1) is 0 Å². The Morgan fingerprint density at radius 1 is 1.05 bits per heavy atom. The molecule has 0 bridgehead atoms. The molecule has 2 aliphatic heterocycles. The smallest absolute Gasteiger partial charge is 0.319 e. The van der Waals surface area contributed by atoms with Gasteiger partial charge in [0.1, 0.15) is 0 Å². The van der Waals surface area contributed by atoms with E-state index in [1.807, 2.05) is 19.0 Å². The van der Waals surface area contributed by atoms with Gasteiger partial charge in [-0.3, -0.25) is 4.90 Å². The van der Waals surface area contributed by atoms with Crippen LogP contribution in [0.4, 0.5) is 4.79 Å². The van der Waals surface area contributed by atoms with E-state index in [0.29, 0.717) is 0 Å². The SMILES string of the molecule is CN1CCN(C(C)(C)C)C2(CCN(C(=O)N(C)C)CC2)C1. The third kappa shape index (κ3) is 3.34. The molecule has 0 aromatic carbocycles. The highest BCUT2D eigenvalue weighted by Gasteiger charge is 2.47. The number of likely N-dealkylation sites (tertiary alicyclic amines) is 1. The molecule has 0 aromatic rings. The van der Waals surface area contributed by atoms with Crippen LogP contribution in [-0.2, 0) is 0 Å². The molecule has 1 spiro atoms. The summed E-state index contributed by atoms with van der Waals surface area (Å²) in [5.41, 5.74) is 0.420. The molecule has 2 saturated heterocycles. The third-order valence-electron chi connectivity index (χ3n) is 5.00. The Kier molecular flexibility index (Phi) is 4.54. The van der Waals surface area contributed by atoms with E-state index in [2.05, 4.69) is 37.6 Å². The van der Waals surface area contributed by atoms with E-state index in [1.54, 1.807) is 4.90 Å². The molecule has 0 radical (unpaired) electrons. The molecule has 2 fully saturated rings. The van der Waals surface area contributed by atoms with Crippen LogP contribution in [0.15, 0.2) is 0 Å². The topological polar surface area (TPSA) is 30.0 Å². The van der Waals surface area contributed by atoms with Gasteiger partial charge in [-0.05, 0) is 40.7 Å². The number of carbonyl (C=O) groups is 1. The van der Waals surface area contributed by atoms with Crippen molar-refractivity contribution >= 4 is 6.03 Å². The maximum absolute atomic E-state index is 12.1. The van der Waals surface area contributed by atoms with Gasteiger partial charge in [0.25, 0.3) is 0 Å². The molecule has 122 valence electrons. The summed E-state index contributed by atoms with van der Waals surface area (Å²) in [4.78, 5) is 21.0. The van der Waals surface area contributed by atoms with Crippen molar-refractivity contribution in [1.82, 2.24) is 19.6 Å². The van der Waals surface area contributed by atoms with Crippen LogP contribution in [0.3, 0.4) is 0 Å². The fraction of sp³-hybridized carbons (Fsp3) is 0.938. The van der Waals surface area contributed by atoms with Crippen LogP contribution >= 0.6 is 0 Å². The van der Waals surface area contributed by atoms with Crippen LogP contribution in [0.1, 0.15) is 33.6 Å². The largest absolute Gasteiger partial charge is 0.331 e. The van der Waals surface area contributed by atoms with E-state index in [1.165, 1.54) is 0 Å². The van der Waals surface area contributed by atoms with Gasteiger partial charge in [0.2, 0.25) is 0 Å². The normalized spacial score (nSPS) is 24.4. The Hall–Kier alpha value is -0.810. The molecule has 0 atom stereocenters. The van der Waals surface area contributed by atoms with E-state index in [9.17, 15) is 4.79 Å². The Morgan fingerprint density at radius 3 is 2.10 bits per heavy atom. The summed E-state index contributed by atoms with van der Waals surface area (Å²) < 4.78 is 0. The lowest BCUT2D eigenvalue weighted by Crippen LogP contribution is -2.69. The van der Waals surface area contributed by atoms with Crippen LogP contribution in [0.5, 0.6) is 0 Å². The van der Waals surface area contributed by atoms with Crippen molar-refractivity contribution in [3.63, 3.8) is 0 Å². The van der Waals surface area contributed by atoms with E-state index in [0.717, 1.165) is 45.6 Å². The van der Waals surface area contributed by atoms with Gasteiger partial charge >= 0.3 is 6.03 Å². The molecule has 0 unspecified atom stereocenters. The lowest BCUT2D eigenvalue weighted by atomic mass is 9.80. The Balaban J connectivity index is 2.12. The summed E-state index contributed by atoms with van der Waals surface area (Å²) in [6.45, 7) is 12.1. The number of likely N-dealkylation sites (N-methyl/N-ethyl adjacent to an activating group) is 1. The Labute approximate surface area is 129 Å². The molecule has 0 N–H and O–H groups in total. The predicted molar refractivity (Wildman–Crippen MR) is 86.6 cm³/mol. The molecule has 2 heterocycles. The second-order valence-electron chi connectivity index (χ2n) is 7.95. The molecule has 2 rings (SSSR count). The monoisotopic (exact) mass is 296 g/mol. The highest BCUT2D eigenvalue weighted by Crippen LogP contribution is 2.37. The van der Waals surface area contributed by atoms with Crippen molar-refractivity contribution in [2.45, 2.75) is 44.7 Å². The number of piperidine rings is 1. The van der Waals surface area contributed by atoms with Gasteiger partial charge in [-0.2, -0.15) is 0 Å². The van der Waals surface area contributed by atoms with Crippen LogP contribution in [-0.4, -0.2) is 90.6 Å². The van der Waals surface area contributed by atoms with E-state index in [-0.39, 0.29) is 17.1 Å². The summed E-state index contributed by atoms with van der Waals surface area (Å²) in [7, 11) is 5.89. The van der Waals surface area contributed by atoms with Gasteiger partial charge in [0, 0.05) is 57.9 Å². The minimum atomic E-state index is 0.149. The fourth-order valence-corrected chi connectivity index (χ4v) is 4.05. The Bertz CT molecular complexity index is 380. The molecule has 0 aromatic heterocycles. The van der Waals surface area contributed by atoms with Gasteiger partial charge in [-0.25, -0.2) is 4.79 Å². The fourth-order valence-electron chi connectivity index (χ4n) is 4.05. The summed E-state index contributed by atoms with van der Waals surface area (Å²) in [5, 5.41) is 0. The van der Waals surface area contributed by atoms with Crippen molar-refractivity contribution in [3.8, 4) is 0 Å². The van der Waals surface area contributed by atoms with E-state index < -0.39 is 0 Å². The second-order valence-corrected chi connectivity index (χ2v) is 7.95. The molecule has 5 heteroatoms. The average Bonchev–Trinajstić information content (AvgIpc) is 2.37. The molecule has 0 aliphatic carbocycles. The van der Waals surface area contributed by atoms with Crippen LogP contribution < -0.4 is 0 Å². The quantitative estimate of drug-likeness (QED) is 0.679. The summed E-state index contributed by atoms with van der Waals surface area (Å²) in [5.74, 6) is 0. The molecule has 21 heavy (non-hydrogen) atoms. The molecule has 5 nitrogen and oxygen atoms in total. The highest BCUT2D eigenvalue weighted by atomic mass is 16.2. The third-order valence-corrected chi connectivity index (χ3v) is 5.00. The summed E-state index contributed by atoms with van der Waals surface area (Å²) in [6, 6.07) is 0.149. The molecular weight excluding hydrogens is 264 g/mol. The molecule has 0 saturated carbocycles. The number of amides is 2. The number of carbonyl (C=O) groups excluding carboxylic acids is 1. The lowest BCUT2D eigenvalue weighted by Gasteiger charge is -2.58. The zero-order chi connectivity index (χ0) is 15.8. The van der Waals surface area contributed by atoms with Crippen molar-refractivity contribution in [2.24, 2.45) is 0 Å². The van der Waals surface area contributed by atoms with Gasteiger partial charge < -0.3 is 14.7 Å². The molecule has 2 amide bonds. The van der Waals surface area contributed by atoms with Crippen molar-refractivity contribution in [1.29, 1.82) is 0 Å². The number of nitrogens with zero attached hydrogens (tertiary/aromatic N) is 4. The zero-order valence-corrected chi connectivity index (χ0v) is 14.6. The summed E-state index contributed by atoms with van der Waals surface area (Å²) >= 11 is 0. The predicted octanol–water partition coefficient (Wildman–Crippen LogP) is 1.55. The standard InChI is InChI=1S/C16H32N4O/c1-15(2,3)20-12-11-18(6)13-16(20)7-9-19(10-8-16)14(21)17(4)5/h7-13H2,1-6H3. The van der Waals surface area contributed by atoms with Crippen molar-refractivity contribution in [2.75, 3.05) is 53.9 Å². The first-order chi connectivity index (χ1) is 9.66. The minimum absolute atomic E-state index is 0.149. The van der Waals surface area contributed by atoms with E-state index in [4.69, 9.17) is 0 Å². The van der Waals surface area contributed by atoms with Gasteiger partial charge in [-0.1, -0.05) is 0 Å². The first kappa shape index (κ1) is 16.6. The Morgan fingerprint density at radius 2 is 1.62 bits per heavy atom. The van der Waals surface area contributed by atoms with E-state index >= 15 is 0 Å². The molecule has 2 aliphatic rings. The highest BCUT2D eigenvalue weighted by molar-refractivity contribution is 5.73. The molecular formula is C16H32N4O. The van der Waals surface area contributed by atoms with Crippen molar-refractivity contribution in [3.05, 3.63) is 0 Å². The maximum atomic E-state index is 12.1. The number of hydrogen-bond acceptors (Lipinski definition) is 3. The summed E-state index contributed by atoms with van der Waals surface area (Å²) in [6.07, 6.45) is 2.16. The van der Waals surface area contributed by atoms with Crippen molar-refractivity contribution < 1.29 is 4.79 Å². The zero-order valence-electron chi connectivity index (χ0n) is 14.6. The first-order valence-corrected chi connectivity index (χ1v) is 8.08. The first-order valence-electron chi connectivity index (χ1n) is 8.08. The number of urea groups is 1. The number of rotatable bonds is 0. The van der Waals surface area contributed by atoms with Crippen LogP contribution in [0, 0.1) is 0 Å². The second kappa shape index (κ2) is 5.76. The van der Waals surface area contributed by atoms with Gasteiger partial charge in [-0.15, -0.1) is 0 Å². The van der Waals surface area contributed by atoms with Crippen LogP contribution in [0.25, 0.3) is 0 Å². The average molecular weight is 296 g/mol.